The molecule has 1 aromatic rings. The smallest absolute Gasteiger partial charge is 0.0626 e. The fraction of sp³-hybridized carbons (Fsp3) is 0.455. The molecule has 1 atom stereocenters. The average molecular weight is 230 g/mol. The summed E-state index contributed by atoms with van der Waals surface area (Å²) in [5.41, 5.74) is 1.03. The molecule has 0 aliphatic rings. The summed E-state index contributed by atoms with van der Waals surface area (Å²) in [6.45, 7) is 1.40. The van der Waals surface area contributed by atoms with Crippen LogP contribution in [0, 0.1) is 0 Å². The number of halogens is 1. The van der Waals surface area contributed by atoms with Crippen molar-refractivity contribution in [3.05, 3.63) is 34.9 Å². The Kier molecular flexibility index (Phi) is 5.65. The van der Waals surface area contributed by atoms with E-state index in [-0.39, 0.29) is 12.6 Å². The van der Waals surface area contributed by atoms with Crippen molar-refractivity contribution in [1.82, 2.24) is 5.32 Å². The summed E-state index contributed by atoms with van der Waals surface area (Å²) in [6.07, 6.45) is 0. The van der Waals surface area contributed by atoms with E-state index in [0.717, 1.165) is 5.56 Å². The molecule has 0 aromatic heterocycles. The molecule has 15 heavy (non-hydrogen) atoms. The van der Waals surface area contributed by atoms with Crippen LogP contribution < -0.4 is 5.32 Å². The number of benzene rings is 1. The summed E-state index contributed by atoms with van der Waals surface area (Å²) >= 11 is 5.78. The lowest BCUT2D eigenvalue weighted by Gasteiger charge is -2.16. The van der Waals surface area contributed by atoms with Gasteiger partial charge in [0.1, 0.15) is 0 Å². The SMILES string of the molecule is COCCNC(CO)c1ccc(Cl)cc1. The zero-order valence-corrected chi connectivity index (χ0v) is 9.50. The molecule has 0 heterocycles. The van der Waals surface area contributed by atoms with E-state index in [2.05, 4.69) is 5.32 Å². The third-order valence-electron chi connectivity index (χ3n) is 2.15. The molecule has 0 radical (unpaired) electrons. The first-order valence-corrected chi connectivity index (χ1v) is 5.24. The van der Waals surface area contributed by atoms with Crippen LogP contribution in [-0.2, 0) is 4.74 Å². The molecule has 1 rings (SSSR count). The molecule has 2 N–H and O–H groups in total. The van der Waals surface area contributed by atoms with Crippen LogP contribution in [0.4, 0.5) is 0 Å². The van der Waals surface area contributed by atoms with Gasteiger partial charge in [-0.3, -0.25) is 0 Å². The maximum Gasteiger partial charge on any atom is 0.0626 e. The van der Waals surface area contributed by atoms with Gasteiger partial charge >= 0.3 is 0 Å². The fourth-order valence-electron chi connectivity index (χ4n) is 1.32. The zero-order chi connectivity index (χ0) is 11.1. The molecule has 1 unspecified atom stereocenters. The van der Waals surface area contributed by atoms with Crippen molar-refractivity contribution >= 4 is 11.6 Å². The minimum Gasteiger partial charge on any atom is -0.394 e. The second kappa shape index (κ2) is 6.80. The van der Waals surface area contributed by atoms with Gasteiger partial charge in [-0.1, -0.05) is 23.7 Å². The van der Waals surface area contributed by atoms with E-state index in [9.17, 15) is 5.11 Å². The van der Waals surface area contributed by atoms with Gasteiger partial charge in [-0.2, -0.15) is 0 Å². The molecular weight excluding hydrogens is 214 g/mol. The second-order valence-electron chi connectivity index (χ2n) is 3.23. The van der Waals surface area contributed by atoms with Gasteiger partial charge in [0.25, 0.3) is 0 Å². The zero-order valence-electron chi connectivity index (χ0n) is 8.74. The maximum atomic E-state index is 9.21. The highest BCUT2D eigenvalue weighted by Crippen LogP contribution is 2.15. The lowest BCUT2D eigenvalue weighted by Crippen LogP contribution is -2.27. The molecule has 0 spiro atoms. The van der Waals surface area contributed by atoms with Gasteiger partial charge < -0.3 is 15.2 Å². The number of nitrogens with one attached hydrogen (secondary N) is 1. The van der Waals surface area contributed by atoms with E-state index < -0.39 is 0 Å². The molecule has 0 bridgehead atoms. The molecule has 4 heteroatoms. The Balaban J connectivity index is 2.53. The van der Waals surface area contributed by atoms with E-state index in [1.165, 1.54) is 0 Å². The van der Waals surface area contributed by atoms with E-state index in [0.29, 0.717) is 18.2 Å². The Bertz CT molecular complexity index is 276. The lowest BCUT2D eigenvalue weighted by atomic mass is 10.1. The maximum absolute atomic E-state index is 9.21. The molecular formula is C11H16ClNO2. The van der Waals surface area contributed by atoms with Gasteiger partial charge in [0, 0.05) is 18.7 Å². The predicted octanol–water partition coefficient (Wildman–Crippen LogP) is 1.61. The number of ether oxygens (including phenoxy) is 1. The lowest BCUT2D eigenvalue weighted by molar-refractivity contribution is 0.184. The van der Waals surface area contributed by atoms with E-state index in [4.69, 9.17) is 16.3 Å². The summed E-state index contributed by atoms with van der Waals surface area (Å²) in [6, 6.07) is 7.39. The van der Waals surface area contributed by atoms with Crippen molar-refractivity contribution in [1.29, 1.82) is 0 Å². The summed E-state index contributed by atoms with van der Waals surface area (Å²) in [5, 5.41) is 13.1. The van der Waals surface area contributed by atoms with E-state index >= 15 is 0 Å². The number of aliphatic hydroxyl groups is 1. The van der Waals surface area contributed by atoms with Crippen LogP contribution in [0.25, 0.3) is 0 Å². The molecule has 3 nitrogen and oxygen atoms in total. The summed E-state index contributed by atoms with van der Waals surface area (Å²) in [4.78, 5) is 0. The largest absolute Gasteiger partial charge is 0.394 e. The Morgan fingerprint density at radius 1 is 1.40 bits per heavy atom. The normalized spacial score (nSPS) is 12.7. The van der Waals surface area contributed by atoms with Crippen LogP contribution in [0.2, 0.25) is 5.02 Å². The summed E-state index contributed by atoms with van der Waals surface area (Å²) in [5.74, 6) is 0. The topological polar surface area (TPSA) is 41.5 Å². The van der Waals surface area contributed by atoms with Crippen LogP contribution >= 0.6 is 11.6 Å². The summed E-state index contributed by atoms with van der Waals surface area (Å²) in [7, 11) is 1.65. The molecule has 0 saturated heterocycles. The number of hydrogen-bond acceptors (Lipinski definition) is 3. The minimum absolute atomic E-state index is 0.0579. The van der Waals surface area contributed by atoms with Gasteiger partial charge in [-0.05, 0) is 17.7 Å². The fourth-order valence-corrected chi connectivity index (χ4v) is 1.44. The first kappa shape index (κ1) is 12.5. The van der Waals surface area contributed by atoms with Crippen molar-refractivity contribution in [2.24, 2.45) is 0 Å². The highest BCUT2D eigenvalue weighted by molar-refractivity contribution is 6.30. The van der Waals surface area contributed by atoms with Gasteiger partial charge in [-0.15, -0.1) is 0 Å². The van der Waals surface area contributed by atoms with Crippen molar-refractivity contribution in [3.8, 4) is 0 Å². The molecule has 0 aliphatic carbocycles. The minimum atomic E-state index is -0.0579. The Labute approximate surface area is 95.0 Å². The van der Waals surface area contributed by atoms with Gasteiger partial charge in [0.05, 0.1) is 19.3 Å². The number of methoxy groups -OCH3 is 1. The first-order valence-electron chi connectivity index (χ1n) is 4.86. The Morgan fingerprint density at radius 3 is 2.60 bits per heavy atom. The molecule has 0 saturated carbocycles. The van der Waals surface area contributed by atoms with E-state index in [1.54, 1.807) is 7.11 Å². The van der Waals surface area contributed by atoms with Crippen molar-refractivity contribution in [3.63, 3.8) is 0 Å². The van der Waals surface area contributed by atoms with Gasteiger partial charge in [0.15, 0.2) is 0 Å². The standard InChI is InChI=1S/C11H16ClNO2/c1-15-7-6-13-11(8-14)9-2-4-10(12)5-3-9/h2-5,11,13-14H,6-8H2,1H3. The molecule has 1 aromatic carbocycles. The van der Waals surface area contributed by atoms with Crippen LogP contribution in [0.5, 0.6) is 0 Å². The molecule has 0 fully saturated rings. The van der Waals surface area contributed by atoms with Gasteiger partial charge in [-0.25, -0.2) is 0 Å². The van der Waals surface area contributed by atoms with Crippen LogP contribution in [-0.4, -0.2) is 32.0 Å². The quantitative estimate of drug-likeness (QED) is 0.729. The molecule has 0 amide bonds. The molecule has 0 aliphatic heterocycles. The third kappa shape index (κ3) is 4.18. The highest BCUT2D eigenvalue weighted by atomic mass is 35.5. The number of rotatable bonds is 6. The predicted molar refractivity (Wildman–Crippen MR) is 61.2 cm³/mol. The third-order valence-corrected chi connectivity index (χ3v) is 2.40. The Hall–Kier alpha value is -0.610. The number of hydrogen-bond donors (Lipinski definition) is 2. The highest BCUT2D eigenvalue weighted by Gasteiger charge is 2.08. The average Bonchev–Trinajstić information content (AvgIpc) is 2.26. The van der Waals surface area contributed by atoms with Crippen LogP contribution in [0.1, 0.15) is 11.6 Å². The van der Waals surface area contributed by atoms with Gasteiger partial charge in [0.2, 0.25) is 0 Å². The van der Waals surface area contributed by atoms with Crippen molar-refractivity contribution in [2.45, 2.75) is 6.04 Å². The van der Waals surface area contributed by atoms with E-state index in [1.807, 2.05) is 24.3 Å². The molecule has 84 valence electrons. The number of aliphatic hydroxyl groups excluding tert-OH is 1. The second-order valence-corrected chi connectivity index (χ2v) is 3.67. The summed E-state index contributed by atoms with van der Waals surface area (Å²) < 4.78 is 4.93. The van der Waals surface area contributed by atoms with Crippen LogP contribution in [0.15, 0.2) is 24.3 Å². The van der Waals surface area contributed by atoms with Crippen molar-refractivity contribution < 1.29 is 9.84 Å². The Morgan fingerprint density at radius 2 is 2.07 bits per heavy atom. The van der Waals surface area contributed by atoms with Crippen molar-refractivity contribution in [2.75, 3.05) is 26.9 Å². The first-order chi connectivity index (χ1) is 7.27. The monoisotopic (exact) mass is 229 g/mol. The van der Waals surface area contributed by atoms with Crippen LogP contribution in [0.3, 0.4) is 0 Å².